The van der Waals surface area contributed by atoms with Gasteiger partial charge in [0.05, 0.1) is 24.4 Å². The molecule has 0 aromatic carbocycles. The lowest BCUT2D eigenvalue weighted by atomic mass is 9.43. The Balaban J connectivity index is 2.19. The highest BCUT2D eigenvalue weighted by Crippen LogP contribution is 2.69. The fraction of sp³-hybridized carbons (Fsp3) is 0.867. The summed E-state index contributed by atoms with van der Waals surface area (Å²) in [4.78, 5) is 0. The molecular formula is C15H24O5. The Labute approximate surface area is 118 Å². The largest absolute Gasteiger partial charge is 0.392 e. The average Bonchev–Trinajstić information content (AvgIpc) is 2.51. The van der Waals surface area contributed by atoms with Crippen LogP contribution in [0.4, 0.5) is 0 Å². The number of aliphatic hydroxyl groups excluding tert-OH is 3. The van der Waals surface area contributed by atoms with E-state index in [9.17, 15) is 25.5 Å². The van der Waals surface area contributed by atoms with Gasteiger partial charge in [0.1, 0.15) is 5.60 Å². The molecule has 0 spiro atoms. The van der Waals surface area contributed by atoms with Crippen LogP contribution >= 0.6 is 0 Å². The van der Waals surface area contributed by atoms with Crippen LogP contribution < -0.4 is 0 Å². The molecule has 114 valence electrons. The predicted octanol–water partition coefficient (Wildman–Crippen LogP) is -0.441. The zero-order valence-electron chi connectivity index (χ0n) is 12.2. The van der Waals surface area contributed by atoms with Gasteiger partial charge in [-0.2, -0.15) is 0 Å². The van der Waals surface area contributed by atoms with Gasteiger partial charge in [0.25, 0.3) is 0 Å². The molecule has 3 aliphatic carbocycles. The Bertz CT molecular complexity index is 487. The molecule has 6 atom stereocenters. The molecule has 0 aromatic rings. The number of fused-ring (bicyclic) bond motifs is 3. The summed E-state index contributed by atoms with van der Waals surface area (Å²) in [6.45, 7) is 5.15. The summed E-state index contributed by atoms with van der Waals surface area (Å²) < 4.78 is 0. The SMILES string of the molecule is CC1(C)C[C@@]2(O)C=C(CO)[C@]3(O)[C@H](O)C[C@]3(C)[C@H]2[C@H]1O. The van der Waals surface area contributed by atoms with Crippen molar-refractivity contribution in [2.75, 3.05) is 6.61 Å². The second kappa shape index (κ2) is 3.65. The fourth-order valence-corrected chi connectivity index (χ4v) is 5.19. The maximum absolute atomic E-state index is 11.0. The molecule has 0 bridgehead atoms. The molecule has 0 aromatic heterocycles. The molecule has 5 nitrogen and oxygen atoms in total. The third kappa shape index (κ3) is 1.31. The van der Waals surface area contributed by atoms with Crippen LogP contribution in [0.15, 0.2) is 11.6 Å². The summed E-state index contributed by atoms with van der Waals surface area (Å²) in [6, 6.07) is 0. The second-order valence-electron chi connectivity index (χ2n) is 7.81. The van der Waals surface area contributed by atoms with Crippen molar-refractivity contribution in [1.82, 2.24) is 0 Å². The first-order chi connectivity index (χ1) is 9.03. The zero-order chi connectivity index (χ0) is 15.1. The lowest BCUT2D eigenvalue weighted by molar-refractivity contribution is -0.276. The smallest absolute Gasteiger partial charge is 0.120 e. The lowest BCUT2D eigenvalue weighted by Gasteiger charge is -2.66. The van der Waals surface area contributed by atoms with E-state index >= 15 is 0 Å². The molecular weight excluding hydrogens is 260 g/mol. The van der Waals surface area contributed by atoms with E-state index in [-0.39, 0.29) is 5.57 Å². The van der Waals surface area contributed by atoms with Gasteiger partial charge in [0.2, 0.25) is 0 Å². The van der Waals surface area contributed by atoms with Crippen LogP contribution in [0.25, 0.3) is 0 Å². The standard InChI is InChI=1S/C15H24O5/c1-12(2)7-14(19)4-8(6-16)15(20)9(17)5-13(15,3)10(14)11(12)18/h4,9-11,16-20H,5-7H2,1-3H3/t9-,10-,11-,13-,14+,15+/m1/s1. The summed E-state index contributed by atoms with van der Waals surface area (Å²) >= 11 is 0. The maximum Gasteiger partial charge on any atom is 0.120 e. The molecule has 0 heterocycles. The fourth-order valence-electron chi connectivity index (χ4n) is 5.19. The van der Waals surface area contributed by atoms with E-state index in [1.165, 1.54) is 6.08 Å². The first-order valence-electron chi connectivity index (χ1n) is 7.17. The Morgan fingerprint density at radius 2 is 1.80 bits per heavy atom. The first kappa shape index (κ1) is 14.5. The molecule has 0 unspecified atom stereocenters. The zero-order valence-corrected chi connectivity index (χ0v) is 12.2. The van der Waals surface area contributed by atoms with Crippen molar-refractivity contribution in [3.05, 3.63) is 11.6 Å². The van der Waals surface area contributed by atoms with Gasteiger partial charge in [-0.3, -0.25) is 0 Å². The number of hydrogen-bond donors (Lipinski definition) is 5. The van der Waals surface area contributed by atoms with Crippen LogP contribution in [0.3, 0.4) is 0 Å². The van der Waals surface area contributed by atoms with E-state index in [4.69, 9.17) is 0 Å². The molecule has 20 heavy (non-hydrogen) atoms. The normalized spacial score (nSPS) is 56.6. The molecule has 5 heteroatoms. The Morgan fingerprint density at radius 1 is 1.20 bits per heavy atom. The maximum atomic E-state index is 11.0. The van der Waals surface area contributed by atoms with E-state index in [2.05, 4.69) is 0 Å². The van der Waals surface area contributed by atoms with Crippen LogP contribution in [0.5, 0.6) is 0 Å². The van der Waals surface area contributed by atoms with Crippen molar-refractivity contribution in [2.24, 2.45) is 16.7 Å². The van der Waals surface area contributed by atoms with E-state index in [0.717, 1.165) is 0 Å². The average molecular weight is 284 g/mol. The Morgan fingerprint density at radius 3 is 2.30 bits per heavy atom. The van der Waals surface area contributed by atoms with Crippen molar-refractivity contribution < 1.29 is 25.5 Å². The van der Waals surface area contributed by atoms with E-state index in [0.29, 0.717) is 12.8 Å². The minimum atomic E-state index is -1.56. The van der Waals surface area contributed by atoms with Gasteiger partial charge in [0.15, 0.2) is 0 Å². The molecule has 0 saturated heterocycles. The summed E-state index contributed by atoms with van der Waals surface area (Å²) in [5, 5.41) is 52.0. The van der Waals surface area contributed by atoms with Crippen LogP contribution in [-0.4, -0.2) is 55.5 Å². The molecule has 5 N–H and O–H groups in total. The summed E-state index contributed by atoms with van der Waals surface area (Å²) in [6.07, 6.45) is 0.414. The highest BCUT2D eigenvalue weighted by atomic mass is 16.4. The predicted molar refractivity (Wildman–Crippen MR) is 71.7 cm³/mol. The monoisotopic (exact) mass is 284 g/mol. The lowest BCUT2D eigenvalue weighted by Crippen LogP contribution is -2.75. The molecule has 0 amide bonds. The second-order valence-corrected chi connectivity index (χ2v) is 7.81. The van der Waals surface area contributed by atoms with Gasteiger partial charge < -0.3 is 25.5 Å². The van der Waals surface area contributed by atoms with Crippen molar-refractivity contribution in [3.63, 3.8) is 0 Å². The summed E-state index contributed by atoms with van der Waals surface area (Å²) in [5.74, 6) is -0.548. The summed E-state index contributed by atoms with van der Waals surface area (Å²) in [7, 11) is 0. The van der Waals surface area contributed by atoms with Crippen LogP contribution in [0.1, 0.15) is 33.6 Å². The first-order valence-corrected chi connectivity index (χ1v) is 7.17. The molecule has 3 rings (SSSR count). The van der Waals surface area contributed by atoms with Gasteiger partial charge in [-0.05, 0) is 29.9 Å². The van der Waals surface area contributed by atoms with Crippen molar-refractivity contribution in [2.45, 2.75) is 57.0 Å². The minimum Gasteiger partial charge on any atom is -0.392 e. The molecule has 2 fully saturated rings. The quantitative estimate of drug-likeness (QED) is 0.420. The minimum absolute atomic E-state index is 0.266. The van der Waals surface area contributed by atoms with Gasteiger partial charge in [0, 0.05) is 11.3 Å². The van der Waals surface area contributed by atoms with Crippen molar-refractivity contribution >= 4 is 0 Å². The van der Waals surface area contributed by atoms with Crippen molar-refractivity contribution in [1.29, 1.82) is 0 Å². The van der Waals surface area contributed by atoms with Gasteiger partial charge in [-0.15, -0.1) is 0 Å². The molecule has 3 aliphatic rings. The number of aliphatic hydroxyl groups is 5. The third-order valence-electron chi connectivity index (χ3n) is 6.13. The number of hydrogen-bond acceptors (Lipinski definition) is 5. The van der Waals surface area contributed by atoms with E-state index < -0.39 is 46.8 Å². The topological polar surface area (TPSA) is 101 Å². The van der Waals surface area contributed by atoms with Crippen LogP contribution in [0, 0.1) is 16.7 Å². The summed E-state index contributed by atoms with van der Waals surface area (Å²) in [5.41, 5.74) is -3.85. The van der Waals surface area contributed by atoms with Crippen LogP contribution in [-0.2, 0) is 0 Å². The van der Waals surface area contributed by atoms with E-state index in [1.54, 1.807) is 6.92 Å². The highest BCUT2D eigenvalue weighted by molar-refractivity contribution is 5.42. The van der Waals surface area contributed by atoms with Crippen LogP contribution in [0.2, 0.25) is 0 Å². The molecule has 2 saturated carbocycles. The number of rotatable bonds is 1. The van der Waals surface area contributed by atoms with E-state index in [1.807, 2.05) is 13.8 Å². The van der Waals surface area contributed by atoms with Gasteiger partial charge in [-0.25, -0.2) is 0 Å². The van der Waals surface area contributed by atoms with Gasteiger partial charge >= 0.3 is 0 Å². The Kier molecular flexibility index (Phi) is 2.64. The molecule has 0 radical (unpaired) electrons. The molecule has 0 aliphatic heterocycles. The highest BCUT2D eigenvalue weighted by Gasteiger charge is 2.76. The third-order valence-corrected chi connectivity index (χ3v) is 6.13. The Hall–Kier alpha value is -0.460. The van der Waals surface area contributed by atoms with Gasteiger partial charge in [-0.1, -0.05) is 20.8 Å². The van der Waals surface area contributed by atoms with Crippen molar-refractivity contribution in [3.8, 4) is 0 Å².